The van der Waals surface area contributed by atoms with Crippen LogP contribution in [0, 0.1) is 13.8 Å². The summed E-state index contributed by atoms with van der Waals surface area (Å²) in [6.07, 6.45) is 0. The van der Waals surface area contributed by atoms with Gasteiger partial charge in [-0.05, 0) is 44.2 Å². The van der Waals surface area contributed by atoms with Crippen LogP contribution in [0.1, 0.15) is 28.1 Å². The van der Waals surface area contributed by atoms with Gasteiger partial charge in [-0.3, -0.25) is 23.7 Å². The molecule has 5 aromatic rings. The van der Waals surface area contributed by atoms with Gasteiger partial charge in [0.05, 0.1) is 22.5 Å². The smallest absolute Gasteiger partial charge is 0.276 e. The molecule has 0 spiro atoms. The summed E-state index contributed by atoms with van der Waals surface area (Å²) in [5.74, 6) is -0.421. The fourth-order valence-corrected chi connectivity index (χ4v) is 5.88. The number of carbonyl (C=O) groups excluding carboxylic acids is 1. The third kappa shape index (κ3) is 2.94. The first-order valence-electron chi connectivity index (χ1n) is 12.4. The lowest BCUT2D eigenvalue weighted by atomic mass is 9.70. The Bertz CT molecular complexity index is 1730. The van der Waals surface area contributed by atoms with Crippen LogP contribution in [0.4, 0.5) is 5.69 Å². The number of nitrogens with zero attached hydrogens (tertiary/aromatic N) is 4. The molecule has 0 aliphatic carbocycles. The van der Waals surface area contributed by atoms with Gasteiger partial charge in [-0.1, -0.05) is 54.6 Å². The average Bonchev–Trinajstić information content (AvgIpc) is 3.43. The van der Waals surface area contributed by atoms with Crippen molar-refractivity contribution in [3.05, 3.63) is 134 Å². The van der Waals surface area contributed by atoms with E-state index in [2.05, 4.69) is 5.32 Å². The molecule has 8 nitrogen and oxygen atoms in total. The molecular formula is C30H27N5O3. The predicted octanol–water partition coefficient (Wildman–Crippen LogP) is 3.57. The Balaban J connectivity index is 1.78. The molecule has 2 aromatic heterocycles. The van der Waals surface area contributed by atoms with Crippen molar-refractivity contribution in [1.82, 2.24) is 18.7 Å². The maximum Gasteiger partial charge on any atom is 0.276 e. The highest BCUT2D eigenvalue weighted by Crippen LogP contribution is 2.47. The summed E-state index contributed by atoms with van der Waals surface area (Å²) in [5.41, 5.74) is 1.88. The van der Waals surface area contributed by atoms with E-state index in [0.717, 1.165) is 0 Å². The van der Waals surface area contributed by atoms with Crippen LogP contribution in [-0.2, 0) is 24.3 Å². The summed E-state index contributed by atoms with van der Waals surface area (Å²) >= 11 is 0. The van der Waals surface area contributed by atoms with Crippen LogP contribution in [0.5, 0.6) is 0 Å². The van der Waals surface area contributed by atoms with Crippen LogP contribution < -0.4 is 16.4 Å². The minimum atomic E-state index is -1.64. The first-order chi connectivity index (χ1) is 18.3. The highest BCUT2D eigenvalue weighted by Gasteiger charge is 2.56. The highest BCUT2D eigenvalue weighted by atomic mass is 16.2. The third-order valence-corrected chi connectivity index (χ3v) is 7.78. The Morgan fingerprint density at radius 3 is 1.50 bits per heavy atom. The topological polar surface area (TPSA) is 83.0 Å². The van der Waals surface area contributed by atoms with Crippen molar-refractivity contribution in [2.75, 3.05) is 5.32 Å². The van der Waals surface area contributed by atoms with Crippen molar-refractivity contribution in [1.29, 1.82) is 0 Å². The number of aromatic nitrogens is 4. The SMILES string of the molecule is Cc1c(C2(c3c(C)n(C)n(-c4ccccc4)c3=O)C(=O)Nc3ccccc32)c(=O)n(-c2ccccc2)n1C. The average molecular weight is 506 g/mol. The Morgan fingerprint density at radius 1 is 0.605 bits per heavy atom. The summed E-state index contributed by atoms with van der Waals surface area (Å²) in [5, 5.41) is 2.98. The van der Waals surface area contributed by atoms with Gasteiger partial charge < -0.3 is 5.32 Å². The van der Waals surface area contributed by atoms with E-state index in [-0.39, 0.29) is 22.2 Å². The molecule has 38 heavy (non-hydrogen) atoms. The molecule has 0 atom stereocenters. The van der Waals surface area contributed by atoms with Gasteiger partial charge in [-0.2, -0.15) is 0 Å². The fraction of sp³-hybridized carbons (Fsp3) is 0.167. The van der Waals surface area contributed by atoms with Gasteiger partial charge in [0.15, 0.2) is 0 Å². The van der Waals surface area contributed by atoms with Crippen LogP contribution in [0.3, 0.4) is 0 Å². The molecule has 190 valence electrons. The Hall–Kier alpha value is -4.85. The number of carbonyl (C=O) groups is 1. The molecule has 0 saturated carbocycles. The molecule has 3 heterocycles. The van der Waals surface area contributed by atoms with Crippen molar-refractivity contribution in [3.8, 4) is 11.4 Å². The van der Waals surface area contributed by atoms with Gasteiger partial charge in [0, 0.05) is 36.7 Å². The van der Waals surface area contributed by atoms with Gasteiger partial charge >= 0.3 is 0 Å². The minimum absolute atomic E-state index is 0.261. The van der Waals surface area contributed by atoms with E-state index >= 15 is 0 Å². The largest absolute Gasteiger partial charge is 0.324 e. The first kappa shape index (κ1) is 23.5. The minimum Gasteiger partial charge on any atom is -0.324 e. The van der Waals surface area contributed by atoms with Gasteiger partial charge in [0.25, 0.3) is 11.1 Å². The molecular weight excluding hydrogens is 478 g/mol. The molecule has 1 amide bonds. The number of fused-ring (bicyclic) bond motifs is 1. The van der Waals surface area contributed by atoms with Crippen LogP contribution in [0.25, 0.3) is 11.4 Å². The predicted molar refractivity (Wildman–Crippen MR) is 146 cm³/mol. The fourth-order valence-electron chi connectivity index (χ4n) is 5.88. The van der Waals surface area contributed by atoms with Gasteiger partial charge in [0.1, 0.15) is 5.41 Å². The van der Waals surface area contributed by atoms with E-state index in [9.17, 15) is 14.4 Å². The van der Waals surface area contributed by atoms with Crippen molar-refractivity contribution in [2.24, 2.45) is 14.1 Å². The van der Waals surface area contributed by atoms with Gasteiger partial charge in [-0.15, -0.1) is 0 Å². The lowest BCUT2D eigenvalue weighted by molar-refractivity contribution is -0.118. The summed E-state index contributed by atoms with van der Waals surface area (Å²) < 4.78 is 6.59. The molecule has 6 rings (SSSR count). The zero-order chi connectivity index (χ0) is 26.8. The number of hydrogen-bond donors (Lipinski definition) is 1. The van der Waals surface area contributed by atoms with Crippen LogP contribution in [0.2, 0.25) is 0 Å². The number of rotatable bonds is 4. The van der Waals surface area contributed by atoms with Crippen molar-refractivity contribution >= 4 is 11.6 Å². The summed E-state index contributed by atoms with van der Waals surface area (Å²) in [6.45, 7) is 3.64. The summed E-state index contributed by atoms with van der Waals surface area (Å²) in [4.78, 5) is 43.0. The van der Waals surface area contributed by atoms with Crippen LogP contribution >= 0.6 is 0 Å². The second-order valence-corrected chi connectivity index (χ2v) is 9.62. The molecule has 0 unspecified atom stereocenters. The normalized spacial score (nSPS) is 13.9. The Kier molecular flexibility index (Phi) is 5.17. The number of hydrogen-bond acceptors (Lipinski definition) is 3. The maximum atomic E-state index is 14.4. The zero-order valence-electron chi connectivity index (χ0n) is 21.6. The van der Waals surface area contributed by atoms with Crippen molar-refractivity contribution < 1.29 is 4.79 Å². The van der Waals surface area contributed by atoms with Gasteiger partial charge in [0.2, 0.25) is 5.91 Å². The molecule has 1 N–H and O–H groups in total. The van der Waals surface area contributed by atoms with E-state index in [0.29, 0.717) is 34.0 Å². The molecule has 3 aromatic carbocycles. The van der Waals surface area contributed by atoms with E-state index < -0.39 is 11.3 Å². The van der Waals surface area contributed by atoms with Crippen molar-refractivity contribution in [3.63, 3.8) is 0 Å². The quantitative estimate of drug-likeness (QED) is 0.405. The monoisotopic (exact) mass is 505 g/mol. The number of amides is 1. The van der Waals surface area contributed by atoms with E-state index in [1.165, 1.54) is 0 Å². The standard InChI is InChI=1S/C30H27N5O3/c1-19-25(27(36)34(32(19)3)21-13-7-5-8-14-21)30(23-17-11-12-18-24(23)31-29(30)38)26-20(2)33(4)35(28(26)37)22-15-9-6-10-16-22/h5-18H,1-4H3,(H,31,38). The molecule has 1 aliphatic heterocycles. The van der Waals surface area contributed by atoms with Crippen LogP contribution in [0.15, 0.2) is 94.5 Å². The number of nitrogens with one attached hydrogen (secondary N) is 1. The molecule has 1 aliphatic rings. The zero-order valence-corrected chi connectivity index (χ0v) is 21.6. The molecule has 0 saturated heterocycles. The molecule has 0 fully saturated rings. The molecule has 0 bridgehead atoms. The third-order valence-electron chi connectivity index (χ3n) is 7.78. The maximum absolute atomic E-state index is 14.4. The molecule has 0 radical (unpaired) electrons. The molecule has 8 heteroatoms. The van der Waals surface area contributed by atoms with Crippen LogP contribution in [-0.4, -0.2) is 24.6 Å². The summed E-state index contributed by atoms with van der Waals surface area (Å²) in [7, 11) is 3.58. The highest BCUT2D eigenvalue weighted by molar-refractivity contribution is 6.11. The van der Waals surface area contributed by atoms with E-state index in [1.807, 2.05) is 92.7 Å². The Labute approximate surface area is 219 Å². The van der Waals surface area contributed by atoms with E-state index in [1.54, 1.807) is 38.9 Å². The lowest BCUT2D eigenvalue weighted by Gasteiger charge is -2.26. The summed E-state index contributed by atoms with van der Waals surface area (Å²) in [6, 6.07) is 25.9. The lowest BCUT2D eigenvalue weighted by Crippen LogP contribution is -2.45. The van der Waals surface area contributed by atoms with Gasteiger partial charge in [-0.25, -0.2) is 9.36 Å². The second-order valence-electron chi connectivity index (χ2n) is 9.62. The Morgan fingerprint density at radius 2 is 1.03 bits per heavy atom. The number of para-hydroxylation sites is 3. The number of benzene rings is 3. The second kappa shape index (κ2) is 8.34. The van der Waals surface area contributed by atoms with E-state index in [4.69, 9.17) is 0 Å². The van der Waals surface area contributed by atoms with Crippen molar-refractivity contribution in [2.45, 2.75) is 19.3 Å². The first-order valence-corrected chi connectivity index (χ1v) is 12.4. The number of anilines is 1.